The average Bonchev–Trinajstić information content (AvgIpc) is 2.32. The molecule has 0 aliphatic carbocycles. The molecule has 0 aromatic rings. The lowest BCUT2D eigenvalue weighted by Gasteiger charge is -2.27. The third-order valence-corrected chi connectivity index (χ3v) is 3.70. The summed E-state index contributed by atoms with van der Waals surface area (Å²) in [7, 11) is -3.31. The minimum atomic E-state index is -3.31. The first-order valence-corrected chi connectivity index (χ1v) is 8.49. The Bertz CT molecular complexity index is 509. The van der Waals surface area contributed by atoms with Crippen molar-refractivity contribution in [3.8, 4) is 6.07 Å². The van der Waals surface area contributed by atoms with Crippen LogP contribution in [0.2, 0.25) is 0 Å². The van der Waals surface area contributed by atoms with Crippen LogP contribution >= 0.6 is 0 Å². The number of hydrogen-bond acceptors (Lipinski definition) is 5. The van der Waals surface area contributed by atoms with E-state index in [9.17, 15) is 18.0 Å². The highest BCUT2D eigenvalue weighted by Crippen LogP contribution is 2.03. The molecule has 0 spiro atoms. The molecule has 0 fully saturated rings. The molecule has 9 heteroatoms. The summed E-state index contributed by atoms with van der Waals surface area (Å²) in [4.78, 5) is 24.4. The van der Waals surface area contributed by atoms with Gasteiger partial charge in [0.15, 0.2) is 0 Å². The summed E-state index contributed by atoms with van der Waals surface area (Å²) in [5, 5.41) is 19.9. The van der Waals surface area contributed by atoms with E-state index in [0.717, 1.165) is 6.26 Å². The van der Waals surface area contributed by atoms with Crippen LogP contribution in [0, 0.1) is 11.3 Å². The monoisotopic (exact) mass is 319 g/mol. The Morgan fingerprint density at radius 1 is 1.38 bits per heavy atom. The van der Waals surface area contributed by atoms with Gasteiger partial charge in [-0.1, -0.05) is 0 Å². The number of carboxylic acids is 1. The second-order valence-corrected chi connectivity index (χ2v) is 7.21. The van der Waals surface area contributed by atoms with E-state index < -0.39 is 27.9 Å². The lowest BCUT2D eigenvalue weighted by Crippen LogP contribution is -2.50. The number of nitrogens with zero attached hydrogens (tertiary/aromatic N) is 2. The van der Waals surface area contributed by atoms with Gasteiger partial charge in [-0.3, -0.25) is 0 Å². The summed E-state index contributed by atoms with van der Waals surface area (Å²) in [6, 6.07) is -0.200. The molecule has 0 bridgehead atoms. The summed E-state index contributed by atoms with van der Waals surface area (Å²) in [6.07, 6.45) is 0.928. The quantitative estimate of drug-likeness (QED) is 0.658. The van der Waals surface area contributed by atoms with Crippen molar-refractivity contribution in [2.45, 2.75) is 38.8 Å². The van der Waals surface area contributed by atoms with Crippen LogP contribution in [0.15, 0.2) is 0 Å². The standard InChI is InChI=1S/C12H21N3O5S/c1-9(2)15(7-4-6-13)12(18)14-10(11(16)17)5-8-21(3,19)20/h9-10H,4-5,7-8H2,1-3H3,(H,14,18)(H,16,17). The van der Waals surface area contributed by atoms with Crippen LogP contribution < -0.4 is 5.32 Å². The molecule has 21 heavy (non-hydrogen) atoms. The van der Waals surface area contributed by atoms with Crippen LogP contribution in [0.3, 0.4) is 0 Å². The fraction of sp³-hybridized carbons (Fsp3) is 0.750. The highest BCUT2D eigenvalue weighted by molar-refractivity contribution is 7.90. The number of hydrogen-bond donors (Lipinski definition) is 2. The topological polar surface area (TPSA) is 128 Å². The van der Waals surface area contributed by atoms with E-state index in [-0.39, 0.29) is 31.2 Å². The van der Waals surface area contributed by atoms with Crippen molar-refractivity contribution in [2.24, 2.45) is 0 Å². The predicted octanol–water partition coefficient (Wildman–Crippen LogP) is 0.208. The van der Waals surface area contributed by atoms with Crippen molar-refractivity contribution < 1.29 is 23.1 Å². The van der Waals surface area contributed by atoms with Crippen LogP contribution in [0.25, 0.3) is 0 Å². The van der Waals surface area contributed by atoms with Crippen molar-refractivity contribution in [1.82, 2.24) is 10.2 Å². The fourth-order valence-corrected chi connectivity index (χ4v) is 2.25. The van der Waals surface area contributed by atoms with Crippen LogP contribution in [0.4, 0.5) is 4.79 Å². The summed E-state index contributed by atoms with van der Waals surface area (Å²) < 4.78 is 22.2. The largest absolute Gasteiger partial charge is 0.480 e. The van der Waals surface area contributed by atoms with Crippen LogP contribution in [0.1, 0.15) is 26.7 Å². The number of amides is 2. The first-order chi connectivity index (χ1) is 9.58. The highest BCUT2D eigenvalue weighted by Gasteiger charge is 2.25. The number of rotatable bonds is 8. The molecule has 0 radical (unpaired) electrons. The maximum Gasteiger partial charge on any atom is 0.326 e. The molecule has 1 atom stereocenters. The summed E-state index contributed by atoms with van der Waals surface area (Å²) >= 11 is 0. The Hall–Kier alpha value is -1.82. The van der Waals surface area contributed by atoms with Gasteiger partial charge in [0, 0.05) is 18.8 Å². The van der Waals surface area contributed by atoms with Crippen LogP contribution in [0.5, 0.6) is 0 Å². The molecule has 120 valence electrons. The SMILES string of the molecule is CC(C)N(CCC#N)C(=O)NC(CCS(C)(=O)=O)C(=O)O. The van der Waals surface area contributed by atoms with Gasteiger partial charge >= 0.3 is 12.0 Å². The minimum Gasteiger partial charge on any atom is -0.480 e. The van der Waals surface area contributed by atoms with Crippen molar-refractivity contribution >= 4 is 21.8 Å². The molecule has 0 aliphatic rings. The molecule has 0 saturated heterocycles. The van der Waals surface area contributed by atoms with E-state index >= 15 is 0 Å². The molecule has 2 amide bonds. The molecule has 0 rings (SSSR count). The number of urea groups is 1. The lowest BCUT2D eigenvalue weighted by molar-refractivity contribution is -0.139. The van der Waals surface area contributed by atoms with Gasteiger partial charge in [0.05, 0.1) is 18.2 Å². The molecule has 0 saturated carbocycles. The van der Waals surface area contributed by atoms with E-state index in [2.05, 4.69) is 5.32 Å². The average molecular weight is 319 g/mol. The molecular formula is C12H21N3O5S. The van der Waals surface area contributed by atoms with E-state index in [0.29, 0.717) is 0 Å². The summed E-state index contributed by atoms with van der Waals surface area (Å²) in [5.74, 6) is -1.62. The number of nitriles is 1. The summed E-state index contributed by atoms with van der Waals surface area (Å²) in [5.41, 5.74) is 0. The van der Waals surface area contributed by atoms with E-state index in [1.165, 1.54) is 4.90 Å². The van der Waals surface area contributed by atoms with Gasteiger partial charge < -0.3 is 15.3 Å². The Kier molecular flexibility index (Phi) is 7.73. The molecule has 2 N–H and O–H groups in total. The Morgan fingerprint density at radius 3 is 2.33 bits per heavy atom. The number of carbonyl (C=O) groups is 2. The smallest absolute Gasteiger partial charge is 0.326 e. The third-order valence-electron chi connectivity index (χ3n) is 2.72. The third kappa shape index (κ3) is 8.14. The Balaban J connectivity index is 4.79. The summed E-state index contributed by atoms with van der Waals surface area (Å²) in [6.45, 7) is 3.66. The maximum absolute atomic E-state index is 12.0. The van der Waals surface area contributed by atoms with Crippen LogP contribution in [-0.2, 0) is 14.6 Å². The lowest BCUT2D eigenvalue weighted by atomic mass is 10.2. The number of carboxylic acid groups (broad SMARTS) is 1. The van der Waals surface area contributed by atoms with Gasteiger partial charge in [-0.15, -0.1) is 0 Å². The van der Waals surface area contributed by atoms with Gasteiger partial charge in [0.25, 0.3) is 0 Å². The first-order valence-electron chi connectivity index (χ1n) is 6.43. The van der Waals surface area contributed by atoms with Crippen molar-refractivity contribution in [3.05, 3.63) is 0 Å². The minimum absolute atomic E-state index is 0.132. The normalized spacial score (nSPS) is 12.5. The van der Waals surface area contributed by atoms with Crippen molar-refractivity contribution in [2.75, 3.05) is 18.6 Å². The molecule has 1 unspecified atom stereocenters. The van der Waals surface area contributed by atoms with Gasteiger partial charge in [-0.2, -0.15) is 5.26 Å². The zero-order valence-corrected chi connectivity index (χ0v) is 13.2. The zero-order valence-electron chi connectivity index (χ0n) is 12.4. The van der Waals surface area contributed by atoms with E-state index in [1.807, 2.05) is 6.07 Å². The molecule has 8 nitrogen and oxygen atoms in total. The number of nitrogens with one attached hydrogen (secondary N) is 1. The molecular weight excluding hydrogens is 298 g/mol. The molecule has 0 aliphatic heterocycles. The van der Waals surface area contributed by atoms with Gasteiger partial charge in [0.1, 0.15) is 15.9 Å². The fourth-order valence-electron chi connectivity index (χ4n) is 1.59. The van der Waals surface area contributed by atoms with E-state index in [4.69, 9.17) is 10.4 Å². The second kappa shape index (κ2) is 8.46. The molecule has 0 aromatic heterocycles. The van der Waals surface area contributed by atoms with Gasteiger partial charge in [-0.25, -0.2) is 18.0 Å². The number of sulfone groups is 1. The van der Waals surface area contributed by atoms with Gasteiger partial charge in [0.2, 0.25) is 0 Å². The Morgan fingerprint density at radius 2 is 1.95 bits per heavy atom. The maximum atomic E-state index is 12.0. The van der Waals surface area contributed by atoms with Gasteiger partial charge in [-0.05, 0) is 20.3 Å². The molecule has 0 aromatic carbocycles. The van der Waals surface area contributed by atoms with E-state index in [1.54, 1.807) is 13.8 Å². The predicted molar refractivity (Wildman–Crippen MR) is 76.4 cm³/mol. The molecule has 0 heterocycles. The zero-order chi connectivity index (χ0) is 16.6. The number of aliphatic carboxylic acids is 1. The van der Waals surface area contributed by atoms with Crippen molar-refractivity contribution in [3.63, 3.8) is 0 Å². The number of carbonyl (C=O) groups excluding carboxylic acids is 1. The first kappa shape index (κ1) is 19.2. The highest BCUT2D eigenvalue weighted by atomic mass is 32.2. The van der Waals surface area contributed by atoms with Crippen LogP contribution in [-0.4, -0.2) is 61.1 Å². The second-order valence-electron chi connectivity index (χ2n) is 4.95. The Labute approximate surface area is 124 Å². The van der Waals surface area contributed by atoms with Crippen molar-refractivity contribution in [1.29, 1.82) is 5.26 Å².